The van der Waals surface area contributed by atoms with Gasteiger partial charge in [0.2, 0.25) is 0 Å². The second kappa shape index (κ2) is 5.29. The van der Waals surface area contributed by atoms with Crippen LogP contribution >= 0.6 is 0 Å². The van der Waals surface area contributed by atoms with Gasteiger partial charge in [-0.15, -0.1) is 0 Å². The standard InChI is InChI=1S/C11H16N6/c1-17(2)11-5-10(15-8-16-11)13-4-3-9-6-12-7-14-9/h5-8H,3-4H2,1-2H3,(H,12,14)(H,13,15,16). The van der Waals surface area contributed by atoms with E-state index in [1.165, 1.54) is 0 Å². The Labute approximate surface area is 100 Å². The van der Waals surface area contributed by atoms with E-state index in [2.05, 4.69) is 25.3 Å². The van der Waals surface area contributed by atoms with Crippen molar-refractivity contribution in [2.45, 2.75) is 6.42 Å². The highest BCUT2D eigenvalue weighted by Crippen LogP contribution is 2.10. The molecule has 0 aliphatic rings. The van der Waals surface area contributed by atoms with Crippen LogP contribution in [-0.4, -0.2) is 40.6 Å². The van der Waals surface area contributed by atoms with E-state index < -0.39 is 0 Å². The van der Waals surface area contributed by atoms with Crippen LogP contribution in [0.5, 0.6) is 0 Å². The molecule has 0 saturated heterocycles. The number of hydrogen-bond donors (Lipinski definition) is 2. The van der Waals surface area contributed by atoms with Crippen molar-refractivity contribution in [1.82, 2.24) is 19.9 Å². The van der Waals surface area contributed by atoms with Crippen molar-refractivity contribution < 1.29 is 0 Å². The largest absolute Gasteiger partial charge is 0.370 e. The molecule has 0 fully saturated rings. The molecule has 0 unspecified atom stereocenters. The number of imidazole rings is 1. The third kappa shape index (κ3) is 3.17. The van der Waals surface area contributed by atoms with Gasteiger partial charge in [-0.25, -0.2) is 15.0 Å². The summed E-state index contributed by atoms with van der Waals surface area (Å²) in [5.41, 5.74) is 1.11. The van der Waals surface area contributed by atoms with Gasteiger partial charge in [0.1, 0.15) is 18.0 Å². The quantitative estimate of drug-likeness (QED) is 0.802. The van der Waals surface area contributed by atoms with Crippen LogP contribution in [-0.2, 0) is 6.42 Å². The fourth-order valence-electron chi connectivity index (χ4n) is 1.43. The monoisotopic (exact) mass is 232 g/mol. The van der Waals surface area contributed by atoms with E-state index in [4.69, 9.17) is 0 Å². The van der Waals surface area contributed by atoms with Crippen molar-refractivity contribution in [3.63, 3.8) is 0 Å². The Kier molecular flexibility index (Phi) is 3.54. The fourth-order valence-corrected chi connectivity index (χ4v) is 1.43. The average Bonchev–Trinajstić information content (AvgIpc) is 2.82. The van der Waals surface area contributed by atoms with Gasteiger partial charge >= 0.3 is 0 Å². The van der Waals surface area contributed by atoms with Crippen molar-refractivity contribution in [3.8, 4) is 0 Å². The lowest BCUT2D eigenvalue weighted by Gasteiger charge is -2.12. The first kappa shape index (κ1) is 11.4. The number of H-pyrrole nitrogens is 1. The predicted molar refractivity (Wildman–Crippen MR) is 67.1 cm³/mol. The lowest BCUT2D eigenvalue weighted by molar-refractivity contribution is 0.959. The molecule has 0 aromatic carbocycles. The molecule has 2 rings (SSSR count). The molecule has 0 aliphatic heterocycles. The summed E-state index contributed by atoms with van der Waals surface area (Å²) in [6, 6.07) is 1.92. The molecule has 0 bridgehead atoms. The first-order valence-electron chi connectivity index (χ1n) is 5.46. The summed E-state index contributed by atoms with van der Waals surface area (Å²) in [6.07, 6.45) is 5.96. The van der Waals surface area contributed by atoms with E-state index in [0.717, 1.165) is 30.3 Å². The normalized spacial score (nSPS) is 10.2. The fraction of sp³-hybridized carbons (Fsp3) is 0.364. The summed E-state index contributed by atoms with van der Waals surface area (Å²) in [4.78, 5) is 17.3. The van der Waals surface area contributed by atoms with E-state index in [0.29, 0.717) is 0 Å². The van der Waals surface area contributed by atoms with Crippen LogP contribution < -0.4 is 10.2 Å². The zero-order valence-electron chi connectivity index (χ0n) is 10.0. The maximum absolute atomic E-state index is 4.17. The molecule has 2 N–H and O–H groups in total. The summed E-state index contributed by atoms with van der Waals surface area (Å²) in [7, 11) is 3.91. The van der Waals surface area contributed by atoms with Gasteiger partial charge in [0.05, 0.1) is 6.33 Å². The van der Waals surface area contributed by atoms with Gasteiger partial charge in [0.25, 0.3) is 0 Å². The SMILES string of the molecule is CN(C)c1cc(NCCc2cnc[nH]2)ncn1. The minimum atomic E-state index is 0.812. The van der Waals surface area contributed by atoms with Crippen LogP contribution in [0, 0.1) is 0 Å². The highest BCUT2D eigenvalue weighted by molar-refractivity contribution is 5.47. The van der Waals surface area contributed by atoms with Crippen molar-refractivity contribution >= 4 is 11.6 Å². The Morgan fingerprint density at radius 3 is 2.94 bits per heavy atom. The zero-order chi connectivity index (χ0) is 12.1. The van der Waals surface area contributed by atoms with Crippen LogP contribution in [0.25, 0.3) is 0 Å². The molecule has 2 aromatic heterocycles. The van der Waals surface area contributed by atoms with Crippen LogP contribution in [0.2, 0.25) is 0 Å². The number of hydrogen-bond acceptors (Lipinski definition) is 5. The van der Waals surface area contributed by atoms with Gasteiger partial charge in [-0.2, -0.15) is 0 Å². The Hall–Kier alpha value is -2.11. The summed E-state index contributed by atoms with van der Waals surface area (Å²) >= 11 is 0. The van der Waals surface area contributed by atoms with E-state index in [-0.39, 0.29) is 0 Å². The van der Waals surface area contributed by atoms with Gasteiger partial charge in [-0.05, 0) is 0 Å². The number of rotatable bonds is 5. The predicted octanol–water partition coefficient (Wildman–Crippen LogP) is 0.920. The van der Waals surface area contributed by atoms with Crippen molar-refractivity contribution in [2.24, 2.45) is 0 Å². The summed E-state index contributed by atoms with van der Waals surface area (Å²) in [6.45, 7) is 0.812. The minimum absolute atomic E-state index is 0.812. The topological polar surface area (TPSA) is 69.7 Å². The Morgan fingerprint density at radius 2 is 2.24 bits per heavy atom. The third-order valence-corrected chi connectivity index (χ3v) is 2.37. The molecular weight excluding hydrogens is 216 g/mol. The highest BCUT2D eigenvalue weighted by Gasteiger charge is 2.00. The molecule has 0 amide bonds. The van der Waals surface area contributed by atoms with Crippen molar-refractivity contribution in [2.75, 3.05) is 30.9 Å². The second-order valence-electron chi connectivity index (χ2n) is 3.91. The molecule has 0 aliphatic carbocycles. The van der Waals surface area contributed by atoms with Crippen molar-refractivity contribution in [1.29, 1.82) is 0 Å². The van der Waals surface area contributed by atoms with Crippen LogP contribution in [0.15, 0.2) is 24.9 Å². The van der Waals surface area contributed by atoms with Crippen molar-refractivity contribution in [3.05, 3.63) is 30.6 Å². The lowest BCUT2D eigenvalue weighted by Crippen LogP contribution is -2.12. The molecule has 0 spiro atoms. The number of nitrogens with zero attached hydrogens (tertiary/aromatic N) is 4. The molecule has 2 heterocycles. The van der Waals surface area contributed by atoms with E-state index in [1.807, 2.05) is 31.3 Å². The molecule has 17 heavy (non-hydrogen) atoms. The van der Waals surface area contributed by atoms with E-state index in [9.17, 15) is 0 Å². The van der Waals surface area contributed by atoms with Gasteiger partial charge < -0.3 is 15.2 Å². The maximum atomic E-state index is 4.17. The molecule has 90 valence electrons. The Bertz CT molecular complexity index is 451. The zero-order valence-corrected chi connectivity index (χ0v) is 10.0. The molecular formula is C11H16N6. The molecule has 6 heteroatoms. The molecule has 0 saturated carbocycles. The van der Waals surface area contributed by atoms with Gasteiger partial charge in [-0.1, -0.05) is 0 Å². The first-order chi connectivity index (χ1) is 8.25. The molecule has 0 radical (unpaired) electrons. The Balaban J connectivity index is 1.88. The number of aromatic amines is 1. The van der Waals surface area contributed by atoms with E-state index in [1.54, 1.807) is 12.7 Å². The van der Waals surface area contributed by atoms with Crippen LogP contribution in [0.4, 0.5) is 11.6 Å². The number of aromatic nitrogens is 4. The Morgan fingerprint density at radius 1 is 1.35 bits per heavy atom. The smallest absolute Gasteiger partial charge is 0.133 e. The molecule has 6 nitrogen and oxygen atoms in total. The van der Waals surface area contributed by atoms with Gasteiger partial charge in [-0.3, -0.25) is 0 Å². The third-order valence-electron chi connectivity index (χ3n) is 2.37. The molecule has 2 aromatic rings. The molecule has 0 atom stereocenters. The van der Waals surface area contributed by atoms with Crippen LogP contribution in [0.1, 0.15) is 5.69 Å². The van der Waals surface area contributed by atoms with Gasteiger partial charge in [0.15, 0.2) is 0 Å². The minimum Gasteiger partial charge on any atom is -0.370 e. The second-order valence-corrected chi connectivity index (χ2v) is 3.91. The van der Waals surface area contributed by atoms with E-state index >= 15 is 0 Å². The maximum Gasteiger partial charge on any atom is 0.133 e. The number of nitrogens with one attached hydrogen (secondary N) is 2. The first-order valence-corrected chi connectivity index (χ1v) is 5.46. The average molecular weight is 232 g/mol. The summed E-state index contributed by atoms with van der Waals surface area (Å²) < 4.78 is 0. The lowest BCUT2D eigenvalue weighted by atomic mass is 10.3. The van der Waals surface area contributed by atoms with Crippen LogP contribution in [0.3, 0.4) is 0 Å². The highest BCUT2D eigenvalue weighted by atomic mass is 15.2. The number of anilines is 2. The summed E-state index contributed by atoms with van der Waals surface area (Å²) in [5, 5.41) is 3.25. The van der Waals surface area contributed by atoms with Gasteiger partial charge in [0, 0.05) is 45.0 Å². The summed E-state index contributed by atoms with van der Waals surface area (Å²) in [5.74, 6) is 1.73.